The van der Waals surface area contributed by atoms with Crippen LogP contribution < -0.4 is 4.74 Å². The van der Waals surface area contributed by atoms with Crippen LogP contribution in [0.15, 0.2) is 29.8 Å². The van der Waals surface area contributed by atoms with E-state index in [1.54, 1.807) is 18.2 Å². The molecule has 1 aromatic carbocycles. The summed E-state index contributed by atoms with van der Waals surface area (Å²) in [5.41, 5.74) is -0.154. The van der Waals surface area contributed by atoms with Crippen LogP contribution in [-0.2, 0) is 9.53 Å². The second-order valence-electron chi connectivity index (χ2n) is 4.01. The van der Waals surface area contributed by atoms with Gasteiger partial charge >= 0.3 is 12.1 Å². The lowest BCUT2D eigenvalue weighted by molar-refractivity contribution is -0.194. The molecule has 1 atom stereocenters. The van der Waals surface area contributed by atoms with Gasteiger partial charge in [0.25, 0.3) is 3.61 Å². The van der Waals surface area contributed by atoms with Crippen LogP contribution in [0.1, 0.15) is 12.5 Å². The Morgan fingerprint density at radius 3 is 2.65 bits per heavy atom. The molecule has 108 valence electrons. The second kappa shape index (κ2) is 5.27. The third-order valence-electron chi connectivity index (χ3n) is 2.68. The number of benzene rings is 1. The van der Waals surface area contributed by atoms with E-state index in [-0.39, 0.29) is 12.4 Å². The van der Waals surface area contributed by atoms with Crippen molar-refractivity contribution in [2.45, 2.75) is 16.7 Å². The van der Waals surface area contributed by atoms with Crippen LogP contribution in [-0.4, -0.2) is 22.4 Å². The van der Waals surface area contributed by atoms with Gasteiger partial charge in [-0.05, 0) is 41.7 Å². The Bertz CT molecular complexity index is 568. The molecule has 1 aliphatic heterocycles. The Labute approximate surface area is 126 Å². The fourth-order valence-electron chi connectivity index (χ4n) is 1.76. The second-order valence-corrected chi connectivity index (χ2v) is 5.53. The van der Waals surface area contributed by atoms with Gasteiger partial charge < -0.3 is 9.47 Å². The average Bonchev–Trinajstić information content (AvgIpc) is 2.36. The Hall–Kier alpha value is -1.25. The van der Waals surface area contributed by atoms with Gasteiger partial charge in [0.05, 0.1) is 6.61 Å². The van der Waals surface area contributed by atoms with Gasteiger partial charge in [-0.2, -0.15) is 13.2 Å². The number of alkyl halides is 4. The zero-order valence-corrected chi connectivity index (χ0v) is 12.5. The molecule has 0 spiro atoms. The third kappa shape index (κ3) is 2.50. The lowest BCUT2D eigenvalue weighted by Gasteiger charge is -2.35. The largest absolute Gasteiger partial charge is 0.462 e. The number of para-hydroxylation sites is 1. The smallest absolute Gasteiger partial charge is 0.442 e. The van der Waals surface area contributed by atoms with E-state index >= 15 is 0 Å². The summed E-state index contributed by atoms with van der Waals surface area (Å²) in [5.74, 6) is -0.957. The summed E-state index contributed by atoms with van der Waals surface area (Å²) in [5, 5.41) is 0. The highest BCUT2D eigenvalue weighted by atomic mass is 127. The molecular weight excluding hydrogens is 388 g/mol. The van der Waals surface area contributed by atoms with E-state index in [0.717, 1.165) is 28.7 Å². The molecule has 1 unspecified atom stereocenters. The first-order valence-electron chi connectivity index (χ1n) is 5.72. The highest BCUT2D eigenvalue weighted by Gasteiger charge is 2.61. The predicted molar refractivity (Wildman–Crippen MR) is 74.5 cm³/mol. The fraction of sp³-hybridized carbons (Fsp3) is 0.308. The predicted octanol–water partition coefficient (Wildman–Crippen LogP) is 3.72. The first-order valence-corrected chi connectivity index (χ1v) is 6.80. The van der Waals surface area contributed by atoms with Crippen LogP contribution in [0.5, 0.6) is 5.75 Å². The Morgan fingerprint density at radius 1 is 1.40 bits per heavy atom. The molecule has 7 heteroatoms. The molecule has 0 saturated heterocycles. The normalized spacial score (nSPS) is 21.6. The molecule has 20 heavy (non-hydrogen) atoms. The van der Waals surface area contributed by atoms with Gasteiger partial charge in [0.2, 0.25) is 0 Å². The summed E-state index contributed by atoms with van der Waals surface area (Å²) >= 11 is 1.09. The topological polar surface area (TPSA) is 35.5 Å². The van der Waals surface area contributed by atoms with Crippen molar-refractivity contribution >= 4 is 34.6 Å². The van der Waals surface area contributed by atoms with Crippen LogP contribution in [0.4, 0.5) is 13.2 Å². The van der Waals surface area contributed by atoms with E-state index < -0.39 is 21.3 Å². The third-order valence-corrected chi connectivity index (χ3v) is 4.09. The minimum Gasteiger partial charge on any atom is -0.462 e. The molecule has 0 radical (unpaired) electrons. The monoisotopic (exact) mass is 398 g/mol. The molecule has 2 rings (SSSR count). The Morgan fingerprint density at radius 2 is 2.05 bits per heavy atom. The lowest BCUT2D eigenvalue weighted by atomic mass is 10.0. The molecule has 0 amide bonds. The number of fused-ring (bicyclic) bond motifs is 1. The summed E-state index contributed by atoms with van der Waals surface area (Å²) in [6, 6.07) is 6.21. The standard InChI is InChI=1S/C13H10F3IO3/c1-2-19-11(18)9-7-8-5-3-4-6-10(8)20-12(9,17)13(14,15)16/h3-7H,2H2,1H3. The van der Waals surface area contributed by atoms with Crippen molar-refractivity contribution in [1.82, 2.24) is 0 Å². The molecule has 0 bridgehead atoms. The number of halogens is 4. The number of carbonyl (C=O) groups excluding carboxylic acids is 1. The molecule has 0 aliphatic carbocycles. The highest BCUT2D eigenvalue weighted by molar-refractivity contribution is 14.1. The van der Waals surface area contributed by atoms with Crippen molar-refractivity contribution in [2.24, 2.45) is 0 Å². The SMILES string of the molecule is CCOC(=O)C1=Cc2ccccc2OC1(I)C(F)(F)F. The van der Waals surface area contributed by atoms with Gasteiger partial charge in [0.1, 0.15) is 11.3 Å². The number of hydrogen-bond acceptors (Lipinski definition) is 3. The number of rotatable bonds is 2. The van der Waals surface area contributed by atoms with Crippen LogP contribution in [0.3, 0.4) is 0 Å². The van der Waals surface area contributed by atoms with E-state index in [1.165, 1.54) is 13.0 Å². The van der Waals surface area contributed by atoms with Crippen LogP contribution in [0.2, 0.25) is 0 Å². The zero-order valence-electron chi connectivity index (χ0n) is 10.3. The summed E-state index contributed by atoms with van der Waals surface area (Å²) in [6.07, 6.45) is -3.59. The Balaban J connectivity index is 2.56. The zero-order chi connectivity index (χ0) is 15.0. The van der Waals surface area contributed by atoms with Crippen molar-refractivity contribution in [3.05, 3.63) is 35.4 Å². The minimum atomic E-state index is -4.75. The summed E-state index contributed by atoms with van der Waals surface area (Å²) in [6.45, 7) is 1.51. The first-order chi connectivity index (χ1) is 9.29. The number of esters is 1. The van der Waals surface area contributed by atoms with E-state index in [9.17, 15) is 18.0 Å². The lowest BCUT2D eigenvalue weighted by Crippen LogP contribution is -2.49. The highest BCUT2D eigenvalue weighted by Crippen LogP contribution is 2.49. The molecular formula is C13H10F3IO3. The van der Waals surface area contributed by atoms with Crippen molar-refractivity contribution in [1.29, 1.82) is 0 Å². The molecule has 0 fully saturated rings. The fourth-order valence-corrected chi connectivity index (χ4v) is 2.37. The maximum atomic E-state index is 13.3. The summed E-state index contributed by atoms with van der Waals surface area (Å²) < 4.78 is 46.9. The van der Waals surface area contributed by atoms with Crippen LogP contribution in [0.25, 0.3) is 6.08 Å². The molecule has 3 nitrogen and oxygen atoms in total. The number of carbonyl (C=O) groups is 1. The number of ether oxygens (including phenoxy) is 2. The van der Waals surface area contributed by atoms with E-state index in [2.05, 4.69) is 0 Å². The van der Waals surface area contributed by atoms with Gasteiger partial charge in [-0.3, -0.25) is 0 Å². The average molecular weight is 398 g/mol. The van der Waals surface area contributed by atoms with Crippen molar-refractivity contribution < 1.29 is 27.4 Å². The van der Waals surface area contributed by atoms with Crippen molar-refractivity contribution in [3.63, 3.8) is 0 Å². The summed E-state index contributed by atoms with van der Waals surface area (Å²) in [7, 11) is 0. The minimum absolute atomic E-state index is 0.0115. The van der Waals surface area contributed by atoms with E-state index in [0.29, 0.717) is 5.56 Å². The van der Waals surface area contributed by atoms with Crippen molar-refractivity contribution in [2.75, 3.05) is 6.61 Å². The quantitative estimate of drug-likeness (QED) is 0.433. The molecule has 1 heterocycles. The van der Waals surface area contributed by atoms with Crippen LogP contribution >= 0.6 is 22.6 Å². The molecule has 1 aliphatic rings. The first kappa shape index (κ1) is 15.1. The van der Waals surface area contributed by atoms with Gasteiger partial charge in [0.15, 0.2) is 0 Å². The van der Waals surface area contributed by atoms with E-state index in [1.807, 2.05) is 0 Å². The molecule has 0 saturated carbocycles. The summed E-state index contributed by atoms with van der Waals surface area (Å²) in [4.78, 5) is 11.8. The molecule has 0 aromatic heterocycles. The molecule has 0 N–H and O–H groups in total. The van der Waals surface area contributed by atoms with Gasteiger partial charge in [-0.25, -0.2) is 4.79 Å². The molecule has 1 aromatic rings. The van der Waals surface area contributed by atoms with E-state index in [4.69, 9.17) is 9.47 Å². The maximum absolute atomic E-state index is 13.3. The number of hydrogen-bond donors (Lipinski definition) is 0. The van der Waals surface area contributed by atoms with Crippen molar-refractivity contribution in [3.8, 4) is 5.75 Å². The Kier molecular flexibility index (Phi) is 3.99. The van der Waals surface area contributed by atoms with Gasteiger partial charge in [-0.1, -0.05) is 18.2 Å². The maximum Gasteiger partial charge on any atom is 0.442 e. The van der Waals surface area contributed by atoms with Gasteiger partial charge in [-0.15, -0.1) is 0 Å². The van der Waals surface area contributed by atoms with Gasteiger partial charge in [0, 0.05) is 5.56 Å². The van der Waals surface area contributed by atoms with Crippen LogP contribution in [0, 0.1) is 0 Å².